The van der Waals surface area contributed by atoms with E-state index in [2.05, 4.69) is 0 Å². The molecule has 0 unspecified atom stereocenters. The normalized spacial score (nSPS) is 10.7. The predicted molar refractivity (Wildman–Crippen MR) is 117 cm³/mol. The summed E-state index contributed by atoms with van der Waals surface area (Å²) in [5.74, 6) is 0.165. The Morgan fingerprint density at radius 1 is 1.03 bits per heavy atom. The third-order valence-corrected chi connectivity index (χ3v) is 4.83. The number of benzene rings is 3. The van der Waals surface area contributed by atoms with Crippen molar-refractivity contribution < 1.29 is 23.6 Å². The van der Waals surface area contributed by atoms with Crippen LogP contribution in [0.25, 0.3) is 22.3 Å². The summed E-state index contributed by atoms with van der Waals surface area (Å²) >= 11 is 0. The number of Topliss-reactive ketones (excluding diaryl/α,β-unsaturated/α-hetero) is 1. The maximum atomic E-state index is 13.1. The maximum absolute atomic E-state index is 13.1. The SMILES string of the molecule is COc1ccc(-c2oc3ccccc3c(=O)c2OCC(=O)c2cccc([N+](=O)[O-])c2)cc1. The van der Waals surface area contributed by atoms with Gasteiger partial charge in [0.2, 0.25) is 11.2 Å². The minimum atomic E-state index is -0.586. The highest BCUT2D eigenvalue weighted by Gasteiger charge is 2.20. The average Bonchev–Trinajstić information content (AvgIpc) is 2.83. The molecule has 0 aliphatic rings. The summed E-state index contributed by atoms with van der Waals surface area (Å²) in [4.78, 5) is 36.1. The molecule has 0 fully saturated rings. The molecule has 4 rings (SSSR count). The minimum Gasteiger partial charge on any atom is -0.497 e. The van der Waals surface area contributed by atoms with Crippen LogP contribution in [0, 0.1) is 10.1 Å². The number of carbonyl (C=O) groups is 1. The first kappa shape index (κ1) is 20.8. The van der Waals surface area contributed by atoms with Crippen LogP contribution < -0.4 is 14.9 Å². The topological polar surface area (TPSA) is 109 Å². The first-order valence-corrected chi connectivity index (χ1v) is 9.58. The molecule has 8 nitrogen and oxygen atoms in total. The number of non-ortho nitro benzene ring substituents is 1. The van der Waals surface area contributed by atoms with Crippen LogP contribution in [0.5, 0.6) is 11.5 Å². The molecule has 0 atom stereocenters. The van der Waals surface area contributed by atoms with Crippen LogP contribution in [-0.2, 0) is 0 Å². The average molecular weight is 431 g/mol. The Morgan fingerprint density at radius 2 is 1.78 bits per heavy atom. The number of nitrogens with zero attached hydrogens (tertiary/aromatic N) is 1. The van der Waals surface area contributed by atoms with Gasteiger partial charge < -0.3 is 13.9 Å². The number of hydrogen-bond donors (Lipinski definition) is 0. The largest absolute Gasteiger partial charge is 0.497 e. The second kappa shape index (κ2) is 8.73. The van der Waals surface area contributed by atoms with Crippen LogP contribution in [-0.4, -0.2) is 24.4 Å². The molecule has 1 aromatic heterocycles. The highest BCUT2D eigenvalue weighted by molar-refractivity contribution is 5.98. The standard InChI is InChI=1S/C24H17NO7/c1-30-18-11-9-15(10-12-18)23-24(22(27)19-7-2-3-8-21(19)32-23)31-14-20(26)16-5-4-6-17(13-16)25(28)29/h2-13H,14H2,1H3. The van der Waals surface area contributed by atoms with Crippen molar-refractivity contribution in [2.75, 3.05) is 13.7 Å². The van der Waals surface area contributed by atoms with Crippen LogP contribution in [0.15, 0.2) is 82.0 Å². The van der Waals surface area contributed by atoms with E-state index >= 15 is 0 Å². The van der Waals surface area contributed by atoms with E-state index in [1.54, 1.807) is 55.6 Å². The first-order valence-electron chi connectivity index (χ1n) is 9.58. The van der Waals surface area contributed by atoms with Gasteiger partial charge in [0.1, 0.15) is 11.3 Å². The number of fused-ring (bicyclic) bond motifs is 1. The lowest BCUT2D eigenvalue weighted by Gasteiger charge is -2.12. The molecule has 0 saturated carbocycles. The smallest absolute Gasteiger partial charge is 0.270 e. The summed E-state index contributed by atoms with van der Waals surface area (Å²) in [5.41, 5.74) is 0.409. The van der Waals surface area contributed by atoms with Gasteiger partial charge in [0.05, 0.1) is 17.4 Å². The zero-order valence-electron chi connectivity index (χ0n) is 16.9. The van der Waals surface area contributed by atoms with Crippen LogP contribution >= 0.6 is 0 Å². The van der Waals surface area contributed by atoms with E-state index in [4.69, 9.17) is 13.9 Å². The second-order valence-electron chi connectivity index (χ2n) is 6.83. The Balaban J connectivity index is 1.73. The summed E-state index contributed by atoms with van der Waals surface area (Å²) in [6.07, 6.45) is 0. The third kappa shape index (κ3) is 4.06. The van der Waals surface area contributed by atoms with Gasteiger partial charge in [-0.2, -0.15) is 0 Å². The van der Waals surface area contributed by atoms with Gasteiger partial charge in [-0.3, -0.25) is 19.7 Å². The molecule has 0 radical (unpaired) electrons. The molecule has 0 aliphatic heterocycles. The van der Waals surface area contributed by atoms with Gasteiger partial charge >= 0.3 is 0 Å². The van der Waals surface area contributed by atoms with Crippen LogP contribution in [0.2, 0.25) is 0 Å². The monoisotopic (exact) mass is 431 g/mol. The number of ketones is 1. The summed E-state index contributed by atoms with van der Waals surface area (Å²) in [6.45, 7) is -0.493. The number of rotatable bonds is 7. The van der Waals surface area contributed by atoms with E-state index in [0.29, 0.717) is 22.3 Å². The summed E-state index contributed by atoms with van der Waals surface area (Å²) in [6, 6.07) is 18.9. The summed E-state index contributed by atoms with van der Waals surface area (Å²) in [5, 5.41) is 11.3. The van der Waals surface area contributed by atoms with Crippen LogP contribution in [0.1, 0.15) is 10.4 Å². The molecule has 0 bridgehead atoms. The fraction of sp³-hybridized carbons (Fsp3) is 0.0833. The quantitative estimate of drug-likeness (QED) is 0.238. The summed E-state index contributed by atoms with van der Waals surface area (Å²) < 4.78 is 16.8. The number of carbonyl (C=O) groups excluding carboxylic acids is 1. The van der Waals surface area contributed by atoms with Crippen molar-refractivity contribution in [1.82, 2.24) is 0 Å². The molecule has 160 valence electrons. The molecule has 32 heavy (non-hydrogen) atoms. The van der Waals surface area contributed by atoms with Crippen molar-refractivity contribution in [2.24, 2.45) is 0 Å². The highest BCUT2D eigenvalue weighted by atomic mass is 16.6. The molecule has 0 N–H and O–H groups in total. The fourth-order valence-corrected chi connectivity index (χ4v) is 3.20. The molecule has 0 saturated heterocycles. The minimum absolute atomic E-state index is 0.107. The molecular weight excluding hydrogens is 414 g/mol. The zero-order chi connectivity index (χ0) is 22.7. The lowest BCUT2D eigenvalue weighted by molar-refractivity contribution is -0.384. The van der Waals surface area contributed by atoms with E-state index in [-0.39, 0.29) is 22.8 Å². The van der Waals surface area contributed by atoms with Crippen LogP contribution in [0.3, 0.4) is 0 Å². The molecule has 1 heterocycles. The van der Waals surface area contributed by atoms with Crippen molar-refractivity contribution in [3.63, 3.8) is 0 Å². The number of ether oxygens (including phenoxy) is 2. The Kier molecular flexibility index (Phi) is 5.67. The Labute approximate surface area is 181 Å². The molecule has 3 aromatic carbocycles. The van der Waals surface area contributed by atoms with Crippen molar-refractivity contribution in [2.45, 2.75) is 0 Å². The first-order chi connectivity index (χ1) is 15.5. The highest BCUT2D eigenvalue weighted by Crippen LogP contribution is 2.32. The number of nitro groups is 1. The molecule has 0 amide bonds. The third-order valence-electron chi connectivity index (χ3n) is 4.83. The van der Waals surface area contributed by atoms with E-state index in [9.17, 15) is 19.7 Å². The Hall–Kier alpha value is -4.46. The second-order valence-corrected chi connectivity index (χ2v) is 6.83. The zero-order valence-corrected chi connectivity index (χ0v) is 16.9. The predicted octanol–water partition coefficient (Wildman–Crippen LogP) is 4.64. The number of para-hydroxylation sites is 1. The lowest BCUT2D eigenvalue weighted by atomic mass is 10.1. The van der Waals surface area contributed by atoms with Crippen molar-refractivity contribution in [3.8, 4) is 22.8 Å². The van der Waals surface area contributed by atoms with Gasteiger partial charge in [-0.25, -0.2) is 0 Å². The van der Waals surface area contributed by atoms with Gasteiger partial charge in [-0.05, 0) is 36.4 Å². The number of methoxy groups -OCH3 is 1. The van der Waals surface area contributed by atoms with Gasteiger partial charge in [-0.15, -0.1) is 0 Å². The number of nitro benzene ring substituents is 1. The lowest BCUT2D eigenvalue weighted by Crippen LogP contribution is -2.17. The van der Waals surface area contributed by atoms with Crippen molar-refractivity contribution >= 4 is 22.4 Å². The number of hydrogen-bond acceptors (Lipinski definition) is 7. The van der Waals surface area contributed by atoms with E-state index in [1.807, 2.05) is 0 Å². The van der Waals surface area contributed by atoms with E-state index < -0.39 is 22.7 Å². The van der Waals surface area contributed by atoms with Gasteiger partial charge in [0.15, 0.2) is 18.2 Å². The van der Waals surface area contributed by atoms with E-state index in [1.165, 1.54) is 24.3 Å². The Bertz CT molecular complexity index is 1370. The molecule has 0 spiro atoms. The molecular formula is C24H17NO7. The summed E-state index contributed by atoms with van der Waals surface area (Å²) in [7, 11) is 1.54. The molecule has 4 aromatic rings. The van der Waals surface area contributed by atoms with Crippen LogP contribution in [0.4, 0.5) is 5.69 Å². The van der Waals surface area contributed by atoms with Crippen molar-refractivity contribution in [3.05, 3.63) is 98.7 Å². The van der Waals surface area contributed by atoms with E-state index in [0.717, 1.165) is 0 Å². The van der Waals surface area contributed by atoms with Gasteiger partial charge in [-0.1, -0.05) is 24.3 Å². The molecule has 8 heteroatoms. The van der Waals surface area contributed by atoms with Crippen molar-refractivity contribution in [1.29, 1.82) is 0 Å². The maximum Gasteiger partial charge on any atom is 0.270 e. The van der Waals surface area contributed by atoms with Gasteiger partial charge in [0, 0.05) is 23.3 Å². The van der Waals surface area contributed by atoms with Gasteiger partial charge in [0.25, 0.3) is 5.69 Å². The fourth-order valence-electron chi connectivity index (χ4n) is 3.20. The Morgan fingerprint density at radius 3 is 2.50 bits per heavy atom. The molecule has 0 aliphatic carbocycles.